The second-order valence-electron chi connectivity index (χ2n) is 8.78. The van der Waals surface area contributed by atoms with Crippen LogP contribution in [0.15, 0.2) is 24.5 Å². The van der Waals surface area contributed by atoms with Crippen LogP contribution in [0.3, 0.4) is 0 Å². The van der Waals surface area contributed by atoms with Crippen molar-refractivity contribution < 1.29 is 14.3 Å². The second-order valence-corrected chi connectivity index (χ2v) is 8.78. The number of nitrogens with one attached hydrogen (secondary N) is 1. The van der Waals surface area contributed by atoms with Gasteiger partial charge in [0.25, 0.3) is 0 Å². The van der Waals surface area contributed by atoms with E-state index in [1.165, 1.54) is 24.9 Å². The highest BCUT2D eigenvalue weighted by Crippen LogP contribution is 2.25. The van der Waals surface area contributed by atoms with Crippen LogP contribution >= 0.6 is 0 Å². The Balaban J connectivity index is 1.21. The minimum absolute atomic E-state index is 0.227. The van der Waals surface area contributed by atoms with Gasteiger partial charge in [0, 0.05) is 71.6 Å². The maximum Gasteiger partial charge on any atom is 0.328 e. The molecule has 0 atom stereocenters. The molecule has 5 heterocycles. The second kappa shape index (κ2) is 8.94. The van der Waals surface area contributed by atoms with E-state index in [9.17, 15) is 9.59 Å². The van der Waals surface area contributed by atoms with Gasteiger partial charge in [0.15, 0.2) is 0 Å². The van der Waals surface area contributed by atoms with Crippen molar-refractivity contribution in [2.24, 2.45) is 5.92 Å². The molecule has 0 radical (unpaired) electrons. The number of nitrogens with zero attached hydrogens (tertiary/aromatic N) is 5. The van der Waals surface area contributed by atoms with E-state index in [0.29, 0.717) is 13.0 Å². The number of urea groups is 1. The van der Waals surface area contributed by atoms with Crippen LogP contribution in [0.4, 0.5) is 10.5 Å². The number of aromatic nitrogens is 2. The van der Waals surface area contributed by atoms with Gasteiger partial charge in [0.1, 0.15) is 0 Å². The van der Waals surface area contributed by atoms with Crippen molar-refractivity contribution in [2.45, 2.75) is 25.8 Å². The van der Waals surface area contributed by atoms with E-state index >= 15 is 0 Å². The van der Waals surface area contributed by atoms with Crippen molar-refractivity contribution >= 4 is 23.1 Å². The molecule has 0 saturated carbocycles. The lowest BCUT2D eigenvalue weighted by molar-refractivity contribution is -0.120. The monoisotopic (exact) mass is 426 g/mol. The van der Waals surface area contributed by atoms with Gasteiger partial charge in [-0.3, -0.25) is 19.9 Å². The molecule has 0 unspecified atom stereocenters. The Morgan fingerprint density at radius 2 is 1.84 bits per heavy atom. The molecule has 0 aromatic carbocycles. The molecule has 2 aromatic heterocycles. The zero-order valence-electron chi connectivity index (χ0n) is 17.8. The molecule has 3 saturated heterocycles. The van der Waals surface area contributed by atoms with Crippen LogP contribution in [0.1, 0.15) is 24.8 Å². The number of carbonyl (C=O) groups excluding carboxylic acids is 2. The van der Waals surface area contributed by atoms with Crippen LogP contribution in [0.5, 0.6) is 0 Å². The summed E-state index contributed by atoms with van der Waals surface area (Å²) in [5.41, 5.74) is 2.84. The lowest BCUT2D eigenvalue weighted by Crippen LogP contribution is -2.49. The summed E-state index contributed by atoms with van der Waals surface area (Å²) in [6.07, 6.45) is 6.33. The third-order valence-electron chi connectivity index (χ3n) is 6.64. The quantitative estimate of drug-likeness (QED) is 0.777. The van der Waals surface area contributed by atoms with Gasteiger partial charge in [-0.2, -0.15) is 5.10 Å². The summed E-state index contributed by atoms with van der Waals surface area (Å²) in [6, 6.07) is 3.83. The van der Waals surface area contributed by atoms with Gasteiger partial charge in [0.2, 0.25) is 5.91 Å². The first-order valence-electron chi connectivity index (χ1n) is 11.3. The normalized spacial score (nSPS) is 22.3. The van der Waals surface area contributed by atoms with E-state index < -0.39 is 0 Å². The Bertz CT molecular complexity index is 946. The highest BCUT2D eigenvalue weighted by molar-refractivity contribution is 6.07. The van der Waals surface area contributed by atoms with Crippen molar-refractivity contribution in [2.75, 3.05) is 57.4 Å². The van der Waals surface area contributed by atoms with Crippen LogP contribution in [0, 0.1) is 5.92 Å². The van der Waals surface area contributed by atoms with Crippen molar-refractivity contribution in [3.63, 3.8) is 0 Å². The molecule has 0 aliphatic carbocycles. The van der Waals surface area contributed by atoms with E-state index in [0.717, 1.165) is 63.1 Å². The summed E-state index contributed by atoms with van der Waals surface area (Å²) in [6.45, 7) is 8.65. The number of rotatable bonds is 5. The van der Waals surface area contributed by atoms with Gasteiger partial charge in [-0.1, -0.05) is 0 Å². The average Bonchev–Trinajstić information content (AvgIpc) is 3.19. The summed E-state index contributed by atoms with van der Waals surface area (Å²) in [7, 11) is 0. The number of pyridine rings is 1. The lowest BCUT2D eigenvalue weighted by Gasteiger charge is -2.37. The standard InChI is InChI=1S/C22H30N6O3/c29-21-2-5-27(22(30)24-21)20-14-23-28-6-1-18(13-19(20)28)16-26-9-7-25(8-10-26)15-17-3-11-31-12-4-17/h1,6,13-14,17H,2-5,7-12,15-16H2,(H,24,29,30). The number of imide groups is 1. The predicted molar refractivity (Wildman–Crippen MR) is 116 cm³/mol. The third-order valence-corrected chi connectivity index (χ3v) is 6.64. The van der Waals surface area contributed by atoms with Crippen molar-refractivity contribution in [1.29, 1.82) is 0 Å². The maximum atomic E-state index is 12.3. The minimum atomic E-state index is -0.378. The number of amides is 3. The molecule has 1 N–H and O–H groups in total. The highest BCUT2D eigenvalue weighted by Gasteiger charge is 2.27. The Hall–Kier alpha value is -2.49. The first-order valence-corrected chi connectivity index (χ1v) is 11.3. The Kier molecular flexibility index (Phi) is 5.89. The van der Waals surface area contributed by atoms with E-state index in [4.69, 9.17) is 4.74 Å². The van der Waals surface area contributed by atoms with Crippen LogP contribution in [0.2, 0.25) is 0 Å². The Morgan fingerprint density at radius 3 is 2.61 bits per heavy atom. The number of carbonyl (C=O) groups is 2. The van der Waals surface area contributed by atoms with Gasteiger partial charge in [-0.05, 0) is 36.5 Å². The van der Waals surface area contributed by atoms with Crippen LogP contribution < -0.4 is 10.2 Å². The largest absolute Gasteiger partial charge is 0.381 e. The highest BCUT2D eigenvalue weighted by atomic mass is 16.5. The average molecular weight is 427 g/mol. The van der Waals surface area contributed by atoms with Gasteiger partial charge in [-0.25, -0.2) is 9.31 Å². The van der Waals surface area contributed by atoms with E-state index in [-0.39, 0.29) is 11.9 Å². The summed E-state index contributed by atoms with van der Waals surface area (Å²) in [5, 5.41) is 6.77. The number of ether oxygens (including phenoxy) is 1. The number of hydrogen-bond donors (Lipinski definition) is 1. The zero-order chi connectivity index (χ0) is 21.2. The molecule has 9 heteroatoms. The molecule has 31 heavy (non-hydrogen) atoms. The predicted octanol–water partition coefficient (Wildman–Crippen LogP) is 1.32. The van der Waals surface area contributed by atoms with Gasteiger partial charge >= 0.3 is 6.03 Å². The molecule has 3 aliphatic heterocycles. The fourth-order valence-electron chi connectivity index (χ4n) is 4.79. The molecular weight excluding hydrogens is 396 g/mol. The molecule has 9 nitrogen and oxygen atoms in total. The molecule has 0 spiro atoms. The summed E-state index contributed by atoms with van der Waals surface area (Å²) in [5.74, 6) is 0.555. The van der Waals surface area contributed by atoms with Crippen LogP contribution in [0.25, 0.3) is 5.52 Å². The van der Waals surface area contributed by atoms with Crippen molar-refractivity contribution in [1.82, 2.24) is 24.7 Å². The molecule has 3 aliphatic rings. The Morgan fingerprint density at radius 1 is 1.06 bits per heavy atom. The summed E-state index contributed by atoms with van der Waals surface area (Å²) < 4.78 is 7.27. The smallest absolute Gasteiger partial charge is 0.328 e. The first-order chi connectivity index (χ1) is 15.2. The number of fused-ring (bicyclic) bond motifs is 1. The molecule has 5 rings (SSSR count). The van der Waals surface area contributed by atoms with Crippen LogP contribution in [-0.2, 0) is 16.1 Å². The number of hydrogen-bond acceptors (Lipinski definition) is 6. The molecule has 166 valence electrons. The molecule has 3 amide bonds. The maximum absolute atomic E-state index is 12.3. The van der Waals surface area contributed by atoms with Crippen LogP contribution in [-0.4, -0.2) is 83.8 Å². The minimum Gasteiger partial charge on any atom is -0.381 e. The fraction of sp³-hybridized carbons (Fsp3) is 0.591. The third kappa shape index (κ3) is 4.58. The first kappa shape index (κ1) is 20.4. The molecule has 2 aromatic rings. The number of anilines is 1. The van der Waals surface area contributed by atoms with E-state index in [2.05, 4.69) is 32.3 Å². The van der Waals surface area contributed by atoms with Crippen molar-refractivity contribution in [3.8, 4) is 0 Å². The van der Waals surface area contributed by atoms with E-state index in [1.807, 2.05) is 6.20 Å². The summed E-state index contributed by atoms with van der Waals surface area (Å²) in [4.78, 5) is 30.4. The van der Waals surface area contributed by atoms with E-state index in [1.54, 1.807) is 15.6 Å². The fourth-order valence-corrected chi connectivity index (χ4v) is 4.79. The summed E-state index contributed by atoms with van der Waals surface area (Å²) >= 11 is 0. The lowest BCUT2D eigenvalue weighted by atomic mass is 9.99. The van der Waals surface area contributed by atoms with Gasteiger partial charge in [0.05, 0.1) is 17.4 Å². The molecular formula is C22H30N6O3. The zero-order valence-corrected chi connectivity index (χ0v) is 17.8. The van der Waals surface area contributed by atoms with Gasteiger partial charge < -0.3 is 9.64 Å². The molecule has 3 fully saturated rings. The number of piperazine rings is 1. The Labute approximate surface area is 181 Å². The van der Waals surface area contributed by atoms with Crippen molar-refractivity contribution in [3.05, 3.63) is 30.1 Å². The topological polar surface area (TPSA) is 82.4 Å². The van der Waals surface area contributed by atoms with Gasteiger partial charge in [-0.15, -0.1) is 0 Å². The SMILES string of the molecule is O=C1CCN(c2cnn3ccc(CN4CCN(CC5CCOCC5)CC4)cc23)C(=O)N1. The molecule has 0 bridgehead atoms.